The van der Waals surface area contributed by atoms with Crippen LogP contribution in [0.2, 0.25) is 0 Å². The van der Waals surface area contributed by atoms with Gasteiger partial charge >= 0.3 is 12.1 Å². The zero-order valence-corrected chi connectivity index (χ0v) is 13.5. The molecule has 5 heteroatoms. The van der Waals surface area contributed by atoms with Crippen molar-refractivity contribution in [2.24, 2.45) is 5.41 Å². The van der Waals surface area contributed by atoms with E-state index in [1.165, 1.54) is 0 Å². The summed E-state index contributed by atoms with van der Waals surface area (Å²) in [5.74, 6) is -0.808. The number of carbonyl (C=O) groups excluding carboxylic acids is 1. The van der Waals surface area contributed by atoms with Crippen molar-refractivity contribution in [3.8, 4) is 0 Å². The number of carboxylic acids is 1. The first-order valence-electron chi connectivity index (χ1n) is 7.76. The Morgan fingerprint density at radius 1 is 1.26 bits per heavy atom. The van der Waals surface area contributed by atoms with Gasteiger partial charge in [-0.1, -0.05) is 35.9 Å². The highest BCUT2D eigenvalue weighted by Gasteiger charge is 2.42. The summed E-state index contributed by atoms with van der Waals surface area (Å²) in [5.41, 5.74) is 0.981. The maximum Gasteiger partial charge on any atom is 0.410 e. The number of carboxylic acid groups (broad SMARTS) is 1. The molecule has 23 heavy (non-hydrogen) atoms. The van der Waals surface area contributed by atoms with Crippen molar-refractivity contribution in [3.63, 3.8) is 0 Å². The molecule has 1 amide bonds. The molecule has 0 aliphatic carbocycles. The second-order valence-electron chi connectivity index (χ2n) is 6.25. The summed E-state index contributed by atoms with van der Waals surface area (Å²) in [5, 5.41) is 9.54. The van der Waals surface area contributed by atoms with Gasteiger partial charge in [0, 0.05) is 13.1 Å². The summed E-state index contributed by atoms with van der Waals surface area (Å²) in [6, 6.07) is 9.48. The van der Waals surface area contributed by atoms with Gasteiger partial charge in [-0.15, -0.1) is 6.58 Å². The average Bonchev–Trinajstić information content (AvgIpc) is 2.53. The molecule has 1 heterocycles. The van der Waals surface area contributed by atoms with Gasteiger partial charge in [0.25, 0.3) is 0 Å². The summed E-state index contributed by atoms with van der Waals surface area (Å²) in [6.07, 6.45) is 0.920. The van der Waals surface area contributed by atoms with Crippen LogP contribution in [0.25, 0.3) is 0 Å². The van der Waals surface area contributed by atoms with E-state index in [0.717, 1.165) is 11.1 Å². The second kappa shape index (κ2) is 7.31. The Kier molecular flexibility index (Phi) is 5.42. The van der Waals surface area contributed by atoms with E-state index in [1.54, 1.807) is 4.90 Å². The van der Waals surface area contributed by atoms with Crippen LogP contribution in [0.4, 0.5) is 4.79 Å². The standard InChI is InChI=1S/C18H23NO4/c1-14(2)12-18(16(20)21)8-10-19(11-9-18)17(22)23-13-15-6-4-3-5-7-15/h3-7H,1,8-13H2,2H3,(H,20,21). The van der Waals surface area contributed by atoms with Gasteiger partial charge in [0.2, 0.25) is 0 Å². The van der Waals surface area contributed by atoms with Crippen LogP contribution in [0, 0.1) is 5.41 Å². The van der Waals surface area contributed by atoms with Crippen molar-refractivity contribution >= 4 is 12.1 Å². The minimum atomic E-state index is -0.808. The monoisotopic (exact) mass is 317 g/mol. The molecule has 0 radical (unpaired) electrons. The first kappa shape index (κ1) is 17.1. The minimum absolute atomic E-state index is 0.228. The largest absolute Gasteiger partial charge is 0.481 e. The van der Waals surface area contributed by atoms with E-state index in [4.69, 9.17) is 4.74 Å². The number of carbonyl (C=O) groups is 2. The zero-order chi connectivity index (χ0) is 16.9. The topological polar surface area (TPSA) is 66.8 Å². The molecule has 0 bridgehead atoms. The smallest absolute Gasteiger partial charge is 0.410 e. The number of aliphatic carboxylic acids is 1. The molecule has 1 aromatic carbocycles. The molecule has 1 aliphatic rings. The predicted octanol–water partition coefficient (Wildman–Crippen LogP) is 3.46. The Hall–Kier alpha value is -2.30. The summed E-state index contributed by atoms with van der Waals surface area (Å²) in [7, 11) is 0. The van der Waals surface area contributed by atoms with Gasteiger partial charge in [-0.25, -0.2) is 4.79 Å². The molecule has 0 atom stereocenters. The van der Waals surface area contributed by atoms with Crippen LogP contribution >= 0.6 is 0 Å². The van der Waals surface area contributed by atoms with Crippen molar-refractivity contribution in [1.82, 2.24) is 4.90 Å². The van der Waals surface area contributed by atoms with Crippen LogP contribution in [-0.4, -0.2) is 35.2 Å². The molecule has 0 spiro atoms. The Bertz CT molecular complexity index is 574. The third-order valence-electron chi connectivity index (χ3n) is 4.28. The fourth-order valence-corrected chi connectivity index (χ4v) is 2.97. The lowest BCUT2D eigenvalue weighted by molar-refractivity contribution is -0.151. The highest BCUT2D eigenvalue weighted by atomic mass is 16.6. The quantitative estimate of drug-likeness (QED) is 0.845. The first-order valence-corrected chi connectivity index (χ1v) is 7.76. The van der Waals surface area contributed by atoms with Gasteiger partial charge in [-0.05, 0) is 31.7 Å². The van der Waals surface area contributed by atoms with Gasteiger partial charge in [-0.2, -0.15) is 0 Å². The van der Waals surface area contributed by atoms with Crippen molar-refractivity contribution in [2.45, 2.75) is 32.8 Å². The maximum absolute atomic E-state index is 12.1. The van der Waals surface area contributed by atoms with Gasteiger partial charge in [0.1, 0.15) is 6.61 Å². The van der Waals surface area contributed by atoms with E-state index in [0.29, 0.717) is 32.4 Å². The van der Waals surface area contributed by atoms with Crippen LogP contribution < -0.4 is 0 Å². The lowest BCUT2D eigenvalue weighted by Crippen LogP contribution is -2.46. The number of ether oxygens (including phenoxy) is 1. The third kappa shape index (κ3) is 4.34. The SMILES string of the molecule is C=C(C)CC1(C(=O)O)CCN(C(=O)OCc2ccccc2)CC1. The number of piperidine rings is 1. The number of hydrogen-bond donors (Lipinski definition) is 1. The fraction of sp³-hybridized carbons (Fsp3) is 0.444. The highest BCUT2D eigenvalue weighted by molar-refractivity contribution is 5.76. The average molecular weight is 317 g/mol. The number of allylic oxidation sites excluding steroid dienone is 1. The molecule has 1 aliphatic heterocycles. The van der Waals surface area contributed by atoms with Gasteiger partial charge in [0.15, 0.2) is 0 Å². The molecule has 1 N–H and O–H groups in total. The van der Waals surface area contributed by atoms with E-state index in [2.05, 4.69) is 6.58 Å². The third-order valence-corrected chi connectivity index (χ3v) is 4.28. The molecule has 0 unspecified atom stereocenters. The molecule has 1 fully saturated rings. The molecular weight excluding hydrogens is 294 g/mol. The van der Waals surface area contributed by atoms with Gasteiger partial charge in [-0.3, -0.25) is 4.79 Å². The number of hydrogen-bond acceptors (Lipinski definition) is 3. The summed E-state index contributed by atoms with van der Waals surface area (Å²) < 4.78 is 5.30. The Morgan fingerprint density at radius 2 is 1.87 bits per heavy atom. The number of rotatable bonds is 5. The molecular formula is C18H23NO4. The summed E-state index contributed by atoms with van der Waals surface area (Å²) in [6.45, 7) is 6.68. The van der Waals surface area contributed by atoms with Crippen molar-refractivity contribution in [1.29, 1.82) is 0 Å². The fourth-order valence-electron chi connectivity index (χ4n) is 2.97. The maximum atomic E-state index is 12.1. The number of nitrogens with zero attached hydrogens (tertiary/aromatic N) is 1. The molecule has 1 aromatic rings. The van der Waals surface area contributed by atoms with E-state index in [9.17, 15) is 14.7 Å². The number of benzene rings is 1. The van der Waals surface area contributed by atoms with E-state index >= 15 is 0 Å². The Morgan fingerprint density at radius 3 is 2.39 bits per heavy atom. The summed E-state index contributed by atoms with van der Waals surface area (Å²) >= 11 is 0. The van der Waals surface area contributed by atoms with Crippen LogP contribution in [0.3, 0.4) is 0 Å². The van der Waals surface area contributed by atoms with E-state index < -0.39 is 11.4 Å². The molecule has 0 aromatic heterocycles. The normalized spacial score (nSPS) is 16.7. The molecule has 1 saturated heterocycles. The number of amides is 1. The highest BCUT2D eigenvalue weighted by Crippen LogP contribution is 2.37. The van der Waals surface area contributed by atoms with E-state index in [1.807, 2.05) is 37.3 Å². The lowest BCUT2D eigenvalue weighted by Gasteiger charge is -2.38. The lowest BCUT2D eigenvalue weighted by atomic mass is 9.74. The van der Waals surface area contributed by atoms with Crippen LogP contribution in [0.5, 0.6) is 0 Å². The van der Waals surface area contributed by atoms with Crippen LogP contribution in [0.1, 0.15) is 31.7 Å². The molecule has 124 valence electrons. The Labute approximate surface area is 136 Å². The van der Waals surface area contributed by atoms with E-state index in [-0.39, 0.29) is 12.7 Å². The van der Waals surface area contributed by atoms with Gasteiger partial charge in [0.05, 0.1) is 5.41 Å². The van der Waals surface area contributed by atoms with Crippen molar-refractivity contribution < 1.29 is 19.4 Å². The first-order chi connectivity index (χ1) is 10.9. The molecule has 0 saturated carbocycles. The zero-order valence-electron chi connectivity index (χ0n) is 13.5. The Balaban J connectivity index is 1.88. The van der Waals surface area contributed by atoms with Crippen LogP contribution in [0.15, 0.2) is 42.5 Å². The predicted molar refractivity (Wildman–Crippen MR) is 86.9 cm³/mol. The van der Waals surface area contributed by atoms with Crippen molar-refractivity contribution in [3.05, 3.63) is 48.0 Å². The summed E-state index contributed by atoms with van der Waals surface area (Å²) in [4.78, 5) is 25.3. The minimum Gasteiger partial charge on any atom is -0.481 e. The number of likely N-dealkylation sites (tertiary alicyclic amines) is 1. The van der Waals surface area contributed by atoms with Gasteiger partial charge < -0.3 is 14.7 Å². The molecule has 5 nitrogen and oxygen atoms in total. The molecule has 2 rings (SSSR count). The van der Waals surface area contributed by atoms with Crippen molar-refractivity contribution in [2.75, 3.05) is 13.1 Å². The second-order valence-corrected chi connectivity index (χ2v) is 6.25. The van der Waals surface area contributed by atoms with Crippen LogP contribution in [-0.2, 0) is 16.1 Å².